The Hall–Kier alpha value is -2.41. The van der Waals surface area contributed by atoms with Gasteiger partial charge >= 0.3 is 0 Å². The minimum atomic E-state index is -3.80. The molecule has 0 saturated carbocycles. The number of rotatable bonds is 6. The molecule has 5 nitrogen and oxygen atoms in total. The first-order valence-electron chi connectivity index (χ1n) is 6.86. The minimum Gasteiger partial charge on any atom is -0.550 e. The molecule has 122 valence electrons. The zero-order chi connectivity index (χ0) is 17.0. The molecule has 0 unspecified atom stereocenters. The van der Waals surface area contributed by atoms with E-state index in [-0.39, 0.29) is 17.7 Å². The van der Waals surface area contributed by atoms with Crippen LogP contribution in [0.4, 0.5) is 10.1 Å². The van der Waals surface area contributed by atoms with Crippen molar-refractivity contribution >= 4 is 21.7 Å². The van der Waals surface area contributed by atoms with Crippen LogP contribution in [0.25, 0.3) is 0 Å². The molecule has 1 N–H and O–H groups in total. The molecule has 0 saturated heterocycles. The Morgan fingerprint density at radius 3 is 2.39 bits per heavy atom. The molecule has 0 fully saturated rings. The van der Waals surface area contributed by atoms with Crippen molar-refractivity contribution in [1.29, 1.82) is 0 Å². The summed E-state index contributed by atoms with van der Waals surface area (Å²) in [5.41, 5.74) is 1.47. The molecule has 0 aliphatic rings. The Kier molecular flexibility index (Phi) is 5.00. The van der Waals surface area contributed by atoms with Crippen molar-refractivity contribution in [3.63, 3.8) is 0 Å². The summed E-state index contributed by atoms with van der Waals surface area (Å²) < 4.78 is 40.1. The Labute approximate surface area is 133 Å². The van der Waals surface area contributed by atoms with Crippen LogP contribution in [-0.4, -0.2) is 14.4 Å². The van der Waals surface area contributed by atoms with Gasteiger partial charge in [-0.3, -0.25) is 4.72 Å². The van der Waals surface area contributed by atoms with Gasteiger partial charge in [-0.25, -0.2) is 12.8 Å². The maximum atomic E-state index is 13.1. The fourth-order valence-electron chi connectivity index (χ4n) is 2.03. The van der Waals surface area contributed by atoms with E-state index < -0.39 is 21.8 Å². The predicted molar refractivity (Wildman–Crippen MR) is 81.7 cm³/mol. The topological polar surface area (TPSA) is 86.3 Å². The monoisotopic (exact) mass is 336 g/mol. The van der Waals surface area contributed by atoms with E-state index in [0.29, 0.717) is 16.8 Å². The fraction of sp³-hybridized carbons (Fsp3) is 0.188. The average Bonchev–Trinajstić information content (AvgIpc) is 2.48. The van der Waals surface area contributed by atoms with E-state index in [9.17, 15) is 22.7 Å². The third-order valence-corrected chi connectivity index (χ3v) is 4.67. The highest BCUT2D eigenvalue weighted by Crippen LogP contribution is 2.21. The number of carboxylic acids is 1. The van der Waals surface area contributed by atoms with Crippen molar-refractivity contribution in [3.8, 4) is 0 Å². The third-order valence-electron chi connectivity index (χ3n) is 3.28. The van der Waals surface area contributed by atoms with Gasteiger partial charge in [0, 0.05) is 5.97 Å². The quantitative estimate of drug-likeness (QED) is 0.868. The molecule has 0 amide bonds. The van der Waals surface area contributed by atoms with Gasteiger partial charge in [-0.2, -0.15) is 0 Å². The van der Waals surface area contributed by atoms with E-state index in [1.807, 2.05) is 0 Å². The van der Waals surface area contributed by atoms with E-state index >= 15 is 0 Å². The van der Waals surface area contributed by atoms with Gasteiger partial charge in [0.2, 0.25) is 0 Å². The minimum absolute atomic E-state index is 0.0402. The molecule has 0 aliphatic carbocycles. The number of benzene rings is 2. The normalized spacial score (nSPS) is 11.2. The molecule has 2 aromatic rings. The van der Waals surface area contributed by atoms with E-state index in [1.165, 1.54) is 30.3 Å². The summed E-state index contributed by atoms with van der Waals surface area (Å²) in [5, 5.41) is 10.4. The van der Waals surface area contributed by atoms with Gasteiger partial charge in [0.15, 0.2) is 0 Å². The number of aliphatic carboxylic acids is 1. The van der Waals surface area contributed by atoms with E-state index in [0.717, 1.165) is 0 Å². The Balaban J connectivity index is 2.17. The zero-order valence-electron chi connectivity index (χ0n) is 12.4. The molecule has 0 aromatic heterocycles. The number of hydrogen-bond acceptors (Lipinski definition) is 4. The predicted octanol–water partition coefficient (Wildman–Crippen LogP) is 1.62. The van der Waals surface area contributed by atoms with Gasteiger partial charge in [-0.1, -0.05) is 12.1 Å². The number of nitrogens with one attached hydrogen (secondary N) is 1. The molecule has 2 rings (SSSR count). The molecule has 0 spiro atoms. The summed E-state index contributed by atoms with van der Waals surface area (Å²) >= 11 is 0. The largest absolute Gasteiger partial charge is 0.550 e. The average molecular weight is 336 g/mol. The molecule has 0 bridgehead atoms. The Morgan fingerprint density at radius 2 is 1.83 bits per heavy atom. The lowest BCUT2D eigenvalue weighted by molar-refractivity contribution is -0.305. The second kappa shape index (κ2) is 6.78. The van der Waals surface area contributed by atoms with E-state index in [4.69, 9.17) is 0 Å². The summed E-state index contributed by atoms with van der Waals surface area (Å²) in [5.74, 6) is -1.60. The molecule has 23 heavy (non-hydrogen) atoms. The second-order valence-corrected chi connectivity index (χ2v) is 6.76. The standard InChI is InChI=1S/C16H16FNO4S/c1-11-10-13(17)5-8-15(11)18-23(21,22)14-6-2-12(3-7-14)4-9-16(19)20/h2-3,5-8,10,18H,4,9H2,1H3,(H,19,20)/p-1. The summed E-state index contributed by atoms with van der Waals surface area (Å²) in [6.07, 6.45) is 0.145. The number of sulfonamides is 1. The van der Waals surface area contributed by atoms with E-state index in [1.54, 1.807) is 19.1 Å². The highest BCUT2D eigenvalue weighted by molar-refractivity contribution is 7.92. The number of hydrogen-bond donors (Lipinski definition) is 1. The van der Waals surface area contributed by atoms with Crippen molar-refractivity contribution in [2.24, 2.45) is 0 Å². The van der Waals surface area contributed by atoms with Crippen molar-refractivity contribution in [2.75, 3.05) is 4.72 Å². The maximum absolute atomic E-state index is 13.1. The lowest BCUT2D eigenvalue weighted by Crippen LogP contribution is -2.22. The lowest BCUT2D eigenvalue weighted by Gasteiger charge is -2.11. The number of carboxylic acid groups (broad SMARTS) is 1. The molecule has 0 heterocycles. The van der Waals surface area contributed by atoms with Crippen LogP contribution in [0.5, 0.6) is 0 Å². The van der Waals surface area contributed by atoms with Crippen LogP contribution >= 0.6 is 0 Å². The number of halogens is 1. The van der Waals surface area contributed by atoms with Crippen LogP contribution in [0.3, 0.4) is 0 Å². The van der Waals surface area contributed by atoms with Crippen LogP contribution in [-0.2, 0) is 21.2 Å². The van der Waals surface area contributed by atoms with E-state index in [2.05, 4.69) is 4.72 Å². The summed E-state index contributed by atoms with van der Waals surface area (Å²) in [4.78, 5) is 10.5. The van der Waals surface area contributed by atoms with Crippen molar-refractivity contribution in [3.05, 3.63) is 59.4 Å². The van der Waals surface area contributed by atoms with Crippen LogP contribution in [0.1, 0.15) is 17.5 Å². The first-order chi connectivity index (χ1) is 10.8. The van der Waals surface area contributed by atoms with Crippen LogP contribution in [0.2, 0.25) is 0 Å². The zero-order valence-corrected chi connectivity index (χ0v) is 13.2. The summed E-state index contributed by atoms with van der Waals surface area (Å²) in [7, 11) is -3.80. The maximum Gasteiger partial charge on any atom is 0.261 e. The second-order valence-electron chi connectivity index (χ2n) is 5.08. The lowest BCUT2D eigenvalue weighted by atomic mass is 10.1. The SMILES string of the molecule is Cc1cc(F)ccc1NS(=O)(=O)c1ccc(CCC(=O)[O-])cc1. The van der Waals surface area contributed by atoms with Gasteiger partial charge in [0.1, 0.15) is 5.82 Å². The van der Waals surface area contributed by atoms with Crippen LogP contribution in [0, 0.1) is 12.7 Å². The highest BCUT2D eigenvalue weighted by Gasteiger charge is 2.15. The number of anilines is 1. The molecule has 0 radical (unpaired) electrons. The van der Waals surface area contributed by atoms with Crippen molar-refractivity contribution in [2.45, 2.75) is 24.7 Å². The van der Waals surface area contributed by atoms with Gasteiger partial charge in [-0.15, -0.1) is 0 Å². The van der Waals surface area contributed by atoms with Crippen molar-refractivity contribution in [1.82, 2.24) is 0 Å². The molecular weight excluding hydrogens is 321 g/mol. The first kappa shape index (κ1) is 17.0. The summed E-state index contributed by atoms with van der Waals surface area (Å²) in [6, 6.07) is 9.66. The van der Waals surface area contributed by atoms with Gasteiger partial charge in [0.25, 0.3) is 10.0 Å². The smallest absolute Gasteiger partial charge is 0.261 e. The molecule has 2 aromatic carbocycles. The Bertz CT molecular complexity index is 816. The Morgan fingerprint density at radius 1 is 1.17 bits per heavy atom. The molecular formula is C16H15FNO4S-. The number of aryl methyl sites for hydroxylation is 2. The highest BCUT2D eigenvalue weighted by atomic mass is 32.2. The first-order valence-corrected chi connectivity index (χ1v) is 8.34. The van der Waals surface area contributed by atoms with Gasteiger partial charge in [-0.05, 0) is 61.2 Å². The number of carbonyl (C=O) groups is 1. The number of carbonyl (C=O) groups excluding carboxylic acids is 1. The van der Waals surface area contributed by atoms with Gasteiger partial charge < -0.3 is 9.90 Å². The molecule has 0 atom stereocenters. The summed E-state index contributed by atoms with van der Waals surface area (Å²) in [6.45, 7) is 1.60. The fourth-order valence-corrected chi connectivity index (χ4v) is 3.16. The molecule has 0 aliphatic heterocycles. The molecule has 7 heteroatoms. The van der Waals surface area contributed by atoms with Crippen LogP contribution in [0.15, 0.2) is 47.4 Å². The van der Waals surface area contributed by atoms with Crippen molar-refractivity contribution < 1.29 is 22.7 Å². The van der Waals surface area contributed by atoms with Crippen LogP contribution < -0.4 is 9.83 Å². The third kappa shape index (κ3) is 4.53. The van der Waals surface area contributed by atoms with Gasteiger partial charge in [0.05, 0.1) is 10.6 Å².